The second-order valence-corrected chi connectivity index (χ2v) is 9.89. The van der Waals surface area contributed by atoms with Crippen molar-refractivity contribution in [3.63, 3.8) is 0 Å². The molecular weight excluding hydrogens is 406 g/mol. The van der Waals surface area contributed by atoms with E-state index in [0.717, 1.165) is 25.2 Å². The molecule has 0 saturated heterocycles. The van der Waals surface area contributed by atoms with Gasteiger partial charge in [-0.1, -0.05) is 44.1 Å². The van der Waals surface area contributed by atoms with Crippen LogP contribution >= 0.6 is 23.4 Å². The standard InChI is InChI=1S/C22H30ClN3O2S/c1-14(2)10-11-26-21(28)18-9-6-16(23)12-19(18)25-22(26)29-13-20(27)24-17-7-4-15(3)5-8-17/h6,9,12,14-15,17H,4-5,7-8,10-11,13H2,1-3H3,(H,24,27). The highest BCUT2D eigenvalue weighted by molar-refractivity contribution is 7.99. The van der Waals surface area contributed by atoms with Gasteiger partial charge in [-0.2, -0.15) is 0 Å². The minimum Gasteiger partial charge on any atom is -0.353 e. The molecule has 0 unspecified atom stereocenters. The summed E-state index contributed by atoms with van der Waals surface area (Å²) in [6, 6.07) is 5.42. The number of nitrogens with zero attached hydrogens (tertiary/aromatic N) is 2. The number of halogens is 1. The number of hydrogen-bond acceptors (Lipinski definition) is 4. The summed E-state index contributed by atoms with van der Waals surface area (Å²) in [7, 11) is 0. The van der Waals surface area contributed by atoms with E-state index in [9.17, 15) is 9.59 Å². The largest absolute Gasteiger partial charge is 0.353 e. The fourth-order valence-corrected chi connectivity index (χ4v) is 4.68. The number of rotatable bonds is 7. The Labute approximate surface area is 181 Å². The summed E-state index contributed by atoms with van der Waals surface area (Å²) in [5, 5.41) is 4.83. The van der Waals surface area contributed by atoms with Gasteiger partial charge < -0.3 is 5.32 Å². The van der Waals surface area contributed by atoms with Crippen molar-refractivity contribution in [3.8, 4) is 0 Å². The molecule has 3 rings (SSSR count). The first-order chi connectivity index (χ1) is 13.8. The topological polar surface area (TPSA) is 64.0 Å². The van der Waals surface area contributed by atoms with Gasteiger partial charge in [0.05, 0.1) is 16.7 Å². The van der Waals surface area contributed by atoms with Gasteiger partial charge >= 0.3 is 0 Å². The maximum atomic E-state index is 13.0. The van der Waals surface area contributed by atoms with Gasteiger partial charge in [-0.3, -0.25) is 14.2 Å². The van der Waals surface area contributed by atoms with Crippen molar-refractivity contribution in [2.45, 2.75) is 70.6 Å². The zero-order valence-corrected chi connectivity index (χ0v) is 19.0. The Hall–Kier alpha value is -1.53. The summed E-state index contributed by atoms with van der Waals surface area (Å²) in [4.78, 5) is 30.2. The van der Waals surface area contributed by atoms with Crippen LogP contribution in [0.15, 0.2) is 28.2 Å². The number of thioether (sulfide) groups is 1. The van der Waals surface area contributed by atoms with Gasteiger partial charge in [0.2, 0.25) is 5.91 Å². The molecule has 158 valence electrons. The van der Waals surface area contributed by atoms with E-state index >= 15 is 0 Å². The van der Waals surface area contributed by atoms with Gasteiger partial charge in [0, 0.05) is 17.6 Å². The molecule has 1 N–H and O–H groups in total. The molecule has 0 atom stereocenters. The number of amides is 1. The molecule has 1 aromatic heterocycles. The third-order valence-electron chi connectivity index (χ3n) is 5.53. The van der Waals surface area contributed by atoms with Crippen molar-refractivity contribution >= 4 is 40.2 Å². The van der Waals surface area contributed by atoms with Gasteiger partial charge in [0.1, 0.15) is 0 Å². The average molecular weight is 436 g/mol. The fraction of sp³-hybridized carbons (Fsp3) is 0.591. The number of carbonyl (C=O) groups is 1. The lowest BCUT2D eigenvalue weighted by molar-refractivity contribution is -0.119. The van der Waals surface area contributed by atoms with E-state index in [1.54, 1.807) is 22.8 Å². The number of aromatic nitrogens is 2. The van der Waals surface area contributed by atoms with Gasteiger partial charge in [0.25, 0.3) is 5.56 Å². The molecule has 1 aliphatic carbocycles. The normalized spacial score (nSPS) is 19.6. The highest BCUT2D eigenvalue weighted by atomic mass is 35.5. The van der Waals surface area contributed by atoms with Crippen molar-refractivity contribution in [2.24, 2.45) is 11.8 Å². The van der Waals surface area contributed by atoms with Crippen LogP contribution in [0.3, 0.4) is 0 Å². The number of fused-ring (bicyclic) bond motifs is 1. The molecule has 1 aromatic carbocycles. The Kier molecular flexibility index (Phi) is 7.63. The van der Waals surface area contributed by atoms with E-state index in [2.05, 4.69) is 31.1 Å². The molecule has 1 saturated carbocycles. The molecule has 0 aliphatic heterocycles. The Morgan fingerprint density at radius 3 is 2.72 bits per heavy atom. The Morgan fingerprint density at radius 2 is 2.03 bits per heavy atom. The Bertz CT molecular complexity index is 920. The molecule has 1 heterocycles. The predicted octanol–water partition coefficient (Wildman–Crippen LogP) is 4.88. The molecule has 1 amide bonds. The van der Waals surface area contributed by atoms with Crippen LogP contribution in [-0.4, -0.2) is 27.3 Å². The molecule has 1 fully saturated rings. The number of benzene rings is 1. The van der Waals surface area contributed by atoms with Crippen molar-refractivity contribution in [3.05, 3.63) is 33.6 Å². The quantitative estimate of drug-likeness (QED) is 0.497. The van der Waals surface area contributed by atoms with Crippen LogP contribution in [0.4, 0.5) is 0 Å². The van der Waals surface area contributed by atoms with Crippen LogP contribution in [0.1, 0.15) is 52.9 Å². The smallest absolute Gasteiger partial charge is 0.262 e. The average Bonchev–Trinajstić information content (AvgIpc) is 2.67. The Balaban J connectivity index is 1.76. The second-order valence-electron chi connectivity index (χ2n) is 8.51. The van der Waals surface area contributed by atoms with Crippen LogP contribution in [0, 0.1) is 11.8 Å². The first-order valence-electron chi connectivity index (χ1n) is 10.5. The summed E-state index contributed by atoms with van der Waals surface area (Å²) < 4.78 is 1.70. The minimum atomic E-state index is -0.0727. The summed E-state index contributed by atoms with van der Waals surface area (Å²) in [5.74, 6) is 1.48. The first kappa shape index (κ1) is 22.2. The number of nitrogens with one attached hydrogen (secondary N) is 1. The molecule has 0 radical (unpaired) electrons. The highest BCUT2D eigenvalue weighted by Gasteiger charge is 2.20. The van der Waals surface area contributed by atoms with Crippen LogP contribution in [0.5, 0.6) is 0 Å². The lowest BCUT2D eigenvalue weighted by Crippen LogP contribution is -2.38. The van der Waals surface area contributed by atoms with E-state index in [4.69, 9.17) is 11.6 Å². The Morgan fingerprint density at radius 1 is 1.31 bits per heavy atom. The first-order valence-corrected chi connectivity index (χ1v) is 11.8. The van der Waals surface area contributed by atoms with Crippen LogP contribution in [-0.2, 0) is 11.3 Å². The van der Waals surface area contributed by atoms with Crippen LogP contribution in [0.2, 0.25) is 5.02 Å². The van der Waals surface area contributed by atoms with E-state index in [-0.39, 0.29) is 23.3 Å². The lowest BCUT2D eigenvalue weighted by Gasteiger charge is -2.26. The summed E-state index contributed by atoms with van der Waals surface area (Å²) in [6.07, 6.45) is 5.30. The van der Waals surface area contributed by atoms with Crippen molar-refractivity contribution in [1.82, 2.24) is 14.9 Å². The molecule has 5 nitrogen and oxygen atoms in total. The van der Waals surface area contributed by atoms with Crippen LogP contribution < -0.4 is 10.9 Å². The summed E-state index contributed by atoms with van der Waals surface area (Å²) >= 11 is 7.42. The third kappa shape index (κ3) is 5.98. The maximum absolute atomic E-state index is 13.0. The number of hydrogen-bond donors (Lipinski definition) is 1. The third-order valence-corrected chi connectivity index (χ3v) is 6.74. The van der Waals surface area contributed by atoms with Gasteiger partial charge in [-0.15, -0.1) is 0 Å². The molecule has 2 aromatic rings. The highest BCUT2D eigenvalue weighted by Crippen LogP contribution is 2.24. The fourth-order valence-electron chi connectivity index (χ4n) is 3.67. The molecule has 1 aliphatic rings. The molecule has 0 spiro atoms. The van der Waals surface area contributed by atoms with E-state index < -0.39 is 0 Å². The van der Waals surface area contributed by atoms with Gasteiger partial charge in [-0.25, -0.2) is 4.98 Å². The molecule has 7 heteroatoms. The predicted molar refractivity (Wildman–Crippen MR) is 121 cm³/mol. The molecule has 0 bridgehead atoms. The zero-order chi connectivity index (χ0) is 21.0. The van der Waals surface area contributed by atoms with Gasteiger partial charge in [-0.05, 0) is 62.1 Å². The lowest BCUT2D eigenvalue weighted by atomic mass is 9.87. The zero-order valence-electron chi connectivity index (χ0n) is 17.4. The summed E-state index contributed by atoms with van der Waals surface area (Å²) in [5.41, 5.74) is 0.504. The SMILES string of the molecule is CC(C)CCn1c(SCC(=O)NC2CCC(C)CC2)nc2cc(Cl)ccc2c1=O. The molecule has 29 heavy (non-hydrogen) atoms. The second kappa shape index (κ2) is 9.98. The number of carbonyl (C=O) groups excluding carboxylic acids is 1. The minimum absolute atomic E-state index is 0.00500. The van der Waals surface area contributed by atoms with E-state index in [0.29, 0.717) is 33.5 Å². The van der Waals surface area contributed by atoms with Crippen molar-refractivity contribution in [1.29, 1.82) is 0 Å². The van der Waals surface area contributed by atoms with E-state index in [1.165, 1.54) is 24.6 Å². The maximum Gasteiger partial charge on any atom is 0.262 e. The van der Waals surface area contributed by atoms with Crippen molar-refractivity contribution in [2.75, 3.05) is 5.75 Å². The van der Waals surface area contributed by atoms with E-state index in [1.807, 2.05) is 0 Å². The monoisotopic (exact) mass is 435 g/mol. The van der Waals surface area contributed by atoms with Gasteiger partial charge in [0.15, 0.2) is 5.16 Å². The van der Waals surface area contributed by atoms with Crippen molar-refractivity contribution < 1.29 is 4.79 Å². The van der Waals surface area contributed by atoms with Crippen LogP contribution in [0.25, 0.3) is 10.9 Å². The summed E-state index contributed by atoms with van der Waals surface area (Å²) in [6.45, 7) is 7.11. The molecular formula is C22H30ClN3O2S.